The number of ether oxygens (including phenoxy) is 1. The molecule has 0 aliphatic rings. The highest BCUT2D eigenvalue weighted by Gasteiger charge is 2.28. The quantitative estimate of drug-likeness (QED) is 0.0435. The highest BCUT2D eigenvalue weighted by molar-refractivity contribution is 7.91. The van der Waals surface area contributed by atoms with Gasteiger partial charge in [0, 0.05) is 6.07 Å². The van der Waals surface area contributed by atoms with E-state index in [4.69, 9.17) is 25.3 Å². The number of carboxylic acid groups (broad SMARTS) is 1. The number of nitrogen functional groups attached to an aromatic ring is 2. The molecule has 0 aliphatic heterocycles. The van der Waals surface area contributed by atoms with E-state index in [1.165, 1.54) is 13.2 Å². The van der Waals surface area contributed by atoms with Crippen LogP contribution in [0.15, 0.2) is 112 Å². The maximum absolute atomic E-state index is 12.8. The normalized spacial score (nSPS) is 13.0. The Labute approximate surface area is 346 Å². The van der Waals surface area contributed by atoms with Gasteiger partial charge in [-0.2, -0.15) is 35.5 Å². The lowest BCUT2D eigenvalue weighted by Crippen LogP contribution is -2.15. The van der Waals surface area contributed by atoms with E-state index in [0.29, 0.717) is 0 Å². The third kappa shape index (κ3) is 13.0. The zero-order valence-corrected chi connectivity index (χ0v) is 34.6. The summed E-state index contributed by atoms with van der Waals surface area (Å²) in [4.78, 5) is 11.3. The van der Waals surface area contributed by atoms with Gasteiger partial charge in [-0.05, 0) is 60.7 Å². The van der Waals surface area contributed by atoms with Crippen LogP contribution in [0.2, 0.25) is 0 Å². The largest absolute Gasteiger partial charge is 0.497 e. The molecule has 0 heterocycles. The predicted molar refractivity (Wildman–Crippen MR) is 210 cm³/mol. The SMILES string of the molecule is COc1ccc(N=Nc2c(N)c(/N=N\c3ccc(S(=O)(=O)CCOS(=O)(=O)O)cc3)c(N)c(N=Nc3ccc(S(=O)(=O)CCOS(=O)(=O)O)cc3)c2C(=O)O)c(S(=O)(=O)O)c1. The molecule has 0 bridgehead atoms. The van der Waals surface area contributed by atoms with Crippen molar-refractivity contribution in [3.63, 3.8) is 0 Å². The Kier molecular flexibility index (Phi) is 14.7. The molecule has 26 nitrogen and oxygen atoms in total. The molecule has 0 spiro atoms. The van der Waals surface area contributed by atoms with Gasteiger partial charge < -0.3 is 21.3 Å². The van der Waals surface area contributed by atoms with Gasteiger partial charge in [-0.15, -0.1) is 20.5 Å². The Balaban J connectivity index is 1.83. The van der Waals surface area contributed by atoms with Gasteiger partial charge in [0.1, 0.15) is 39.0 Å². The highest BCUT2D eigenvalue weighted by Crippen LogP contribution is 2.49. The van der Waals surface area contributed by atoms with Crippen LogP contribution in [0.3, 0.4) is 0 Å². The second kappa shape index (κ2) is 18.8. The first kappa shape index (κ1) is 47.8. The number of nitrogens with two attached hydrogens (primary N) is 2. The first-order chi connectivity index (χ1) is 28.2. The molecule has 0 aromatic heterocycles. The lowest BCUT2D eigenvalue weighted by Gasteiger charge is -2.13. The topological polar surface area (TPSA) is 423 Å². The molecule has 0 fully saturated rings. The van der Waals surface area contributed by atoms with E-state index in [9.17, 15) is 56.5 Å². The second-order valence-corrected chi connectivity index (χ2v) is 19.4. The third-order valence-electron chi connectivity index (χ3n) is 7.50. The van der Waals surface area contributed by atoms with Gasteiger partial charge in [-0.3, -0.25) is 13.7 Å². The van der Waals surface area contributed by atoms with Crippen LogP contribution in [0.5, 0.6) is 5.75 Å². The van der Waals surface area contributed by atoms with Crippen LogP contribution in [0.4, 0.5) is 45.5 Å². The van der Waals surface area contributed by atoms with Crippen molar-refractivity contribution < 1.29 is 78.8 Å². The Morgan fingerprint density at radius 2 is 1.00 bits per heavy atom. The van der Waals surface area contributed by atoms with E-state index in [2.05, 4.69) is 39.1 Å². The van der Waals surface area contributed by atoms with Crippen molar-refractivity contribution in [2.75, 3.05) is 43.3 Å². The molecule has 0 unspecified atom stereocenters. The standard InChI is InChI=1S/C30H30N8O18S5/c1-54-19-6-11-22(23(16-19)59(45,46)47)35-37-28-24(30(39)40)27(36-33-17-2-7-20(8-3-17)57(41,42)14-12-55-60(48,49)50)25(31)29(26(28)32)38-34-18-4-9-21(10-5-18)58(43,44)15-13-56-61(51,52)53/h2-11,16H,12-15,31-32H2,1H3,(H,39,40)(H,45,46,47)(H,48,49,50)(H,51,52,53)/b36-33?,37-35?,38-34-. The van der Waals surface area contributed by atoms with E-state index < -0.39 is 126 Å². The summed E-state index contributed by atoms with van der Waals surface area (Å²) < 4.78 is 158. The molecule has 0 radical (unpaired) electrons. The summed E-state index contributed by atoms with van der Waals surface area (Å²) in [5.41, 5.74) is 7.84. The van der Waals surface area contributed by atoms with Gasteiger partial charge in [-0.25, -0.2) is 30.0 Å². The molecule has 0 aliphatic carbocycles. The number of sulfone groups is 2. The average Bonchev–Trinajstić information content (AvgIpc) is 3.15. The molecular formula is C30H30N8O18S5. The maximum Gasteiger partial charge on any atom is 0.397 e. The summed E-state index contributed by atoms with van der Waals surface area (Å²) in [5.74, 6) is -3.51. The molecule has 0 saturated heterocycles. The number of aromatic carboxylic acids is 1. The molecule has 328 valence electrons. The second-order valence-electron chi connectivity index (χ2n) is 11.6. The number of carboxylic acids is 1. The number of carbonyl (C=O) groups is 1. The number of nitrogens with zero attached hydrogens (tertiary/aromatic N) is 6. The van der Waals surface area contributed by atoms with Crippen LogP contribution < -0.4 is 16.2 Å². The monoisotopic (exact) mass is 950 g/mol. The fourth-order valence-corrected chi connectivity index (χ4v) is 8.29. The lowest BCUT2D eigenvalue weighted by molar-refractivity contribution is 0.0698. The molecule has 0 saturated carbocycles. The first-order valence-electron chi connectivity index (χ1n) is 16.0. The lowest BCUT2D eigenvalue weighted by atomic mass is 10.1. The Bertz CT molecular complexity index is 3000. The van der Waals surface area contributed by atoms with Crippen molar-refractivity contribution in [1.29, 1.82) is 0 Å². The van der Waals surface area contributed by atoms with E-state index in [1.54, 1.807) is 0 Å². The van der Waals surface area contributed by atoms with E-state index >= 15 is 0 Å². The number of methoxy groups -OCH3 is 1. The minimum absolute atomic E-state index is 0.0243. The van der Waals surface area contributed by atoms with Crippen molar-refractivity contribution in [3.05, 3.63) is 72.3 Å². The number of rotatable bonds is 19. The van der Waals surface area contributed by atoms with E-state index in [1.807, 2.05) is 0 Å². The fourth-order valence-electron chi connectivity index (χ4n) is 4.67. The van der Waals surface area contributed by atoms with Crippen molar-refractivity contribution in [2.24, 2.45) is 30.7 Å². The molecular weight excluding hydrogens is 921 g/mol. The maximum atomic E-state index is 12.8. The number of benzene rings is 4. The Morgan fingerprint density at radius 1 is 0.590 bits per heavy atom. The zero-order chi connectivity index (χ0) is 45.6. The van der Waals surface area contributed by atoms with Crippen LogP contribution in [0.1, 0.15) is 10.4 Å². The smallest absolute Gasteiger partial charge is 0.397 e. The molecule has 31 heteroatoms. The number of anilines is 2. The molecule has 0 amide bonds. The molecule has 4 aromatic rings. The van der Waals surface area contributed by atoms with Crippen LogP contribution in [0.25, 0.3) is 0 Å². The van der Waals surface area contributed by atoms with E-state index in [-0.39, 0.29) is 26.9 Å². The van der Waals surface area contributed by atoms with Gasteiger partial charge in [0.25, 0.3) is 10.1 Å². The van der Waals surface area contributed by atoms with Crippen LogP contribution >= 0.6 is 0 Å². The summed E-state index contributed by atoms with van der Waals surface area (Å²) in [6.07, 6.45) is 0. The minimum atomic E-state index is -4.98. The number of hydrogen-bond donors (Lipinski definition) is 6. The fraction of sp³-hybridized carbons (Fsp3) is 0.167. The van der Waals surface area contributed by atoms with Gasteiger partial charge in [0.05, 0.1) is 64.4 Å². The van der Waals surface area contributed by atoms with Gasteiger partial charge in [0.2, 0.25) is 0 Å². The molecule has 4 aromatic carbocycles. The predicted octanol–water partition coefficient (Wildman–Crippen LogP) is 4.24. The van der Waals surface area contributed by atoms with E-state index in [0.717, 1.165) is 60.7 Å². The highest BCUT2D eigenvalue weighted by atomic mass is 32.3. The molecule has 8 N–H and O–H groups in total. The Hall–Kier alpha value is -5.90. The zero-order valence-electron chi connectivity index (χ0n) is 30.6. The number of hydrogen-bond acceptors (Lipinski definition) is 22. The van der Waals surface area contributed by atoms with Crippen molar-refractivity contribution in [2.45, 2.75) is 14.7 Å². The average molecular weight is 951 g/mol. The molecule has 0 atom stereocenters. The minimum Gasteiger partial charge on any atom is -0.497 e. The summed E-state index contributed by atoms with van der Waals surface area (Å²) >= 11 is 0. The summed E-state index contributed by atoms with van der Waals surface area (Å²) in [5, 5.41) is 33.7. The van der Waals surface area contributed by atoms with Crippen molar-refractivity contribution in [3.8, 4) is 5.75 Å². The Morgan fingerprint density at radius 3 is 1.38 bits per heavy atom. The first-order valence-corrected chi connectivity index (χ1v) is 23.5. The van der Waals surface area contributed by atoms with Crippen LogP contribution in [-0.2, 0) is 59.0 Å². The van der Waals surface area contributed by atoms with Crippen molar-refractivity contribution >= 4 is 102 Å². The summed E-state index contributed by atoms with van der Waals surface area (Å²) in [7, 11) is -21.9. The number of azo groups is 3. The third-order valence-corrected chi connectivity index (χ3v) is 12.7. The van der Waals surface area contributed by atoms with Crippen LogP contribution in [-0.4, -0.2) is 98.7 Å². The van der Waals surface area contributed by atoms with Crippen molar-refractivity contribution in [1.82, 2.24) is 0 Å². The summed E-state index contributed by atoms with van der Waals surface area (Å²) in [6.45, 7) is -1.80. The molecule has 61 heavy (non-hydrogen) atoms. The summed E-state index contributed by atoms with van der Waals surface area (Å²) in [6, 6.07) is 11.9. The van der Waals surface area contributed by atoms with Gasteiger partial charge in [0.15, 0.2) is 19.7 Å². The van der Waals surface area contributed by atoms with Gasteiger partial charge >= 0.3 is 26.8 Å². The van der Waals surface area contributed by atoms with Crippen LogP contribution in [0, 0.1) is 0 Å². The molecule has 4 rings (SSSR count). The van der Waals surface area contributed by atoms with Gasteiger partial charge in [-0.1, -0.05) is 0 Å².